The highest BCUT2D eigenvalue weighted by Crippen LogP contribution is 2.40. The van der Waals surface area contributed by atoms with Crippen LogP contribution in [0, 0.1) is 10.1 Å². The van der Waals surface area contributed by atoms with Crippen molar-refractivity contribution in [1.29, 1.82) is 0 Å². The number of amides is 2. The smallest absolute Gasteiger partial charge is 0.340 e. The molecule has 2 amide bonds. The van der Waals surface area contributed by atoms with Crippen LogP contribution in [0.15, 0.2) is 24.3 Å². The van der Waals surface area contributed by atoms with Crippen LogP contribution >= 0.6 is 7.59 Å². The van der Waals surface area contributed by atoms with Gasteiger partial charge in [0.05, 0.1) is 4.92 Å². The van der Waals surface area contributed by atoms with Gasteiger partial charge in [-0.1, -0.05) is 0 Å². The number of nitro benzene ring substituents is 1. The average molecular weight is 421 g/mol. The van der Waals surface area contributed by atoms with Gasteiger partial charge in [-0.05, 0) is 25.0 Å². The molecule has 2 atom stereocenters. The number of nitrogens with zero attached hydrogens (tertiary/aromatic N) is 2. The average Bonchev–Trinajstić information content (AvgIpc) is 2.54. The highest BCUT2D eigenvalue weighted by atomic mass is 32.2. The third kappa shape index (κ3) is 5.30. The molecule has 1 fully saturated rings. The first-order valence-corrected chi connectivity index (χ1v) is 10.6. The number of nitro groups is 1. The van der Waals surface area contributed by atoms with E-state index in [1.54, 1.807) is 0 Å². The van der Waals surface area contributed by atoms with Crippen LogP contribution in [0.3, 0.4) is 0 Å². The molecule has 15 heteroatoms. The van der Waals surface area contributed by atoms with E-state index < -0.39 is 40.7 Å². The Kier molecular flexibility index (Phi) is 5.97. The van der Waals surface area contributed by atoms with E-state index in [1.807, 2.05) is 0 Å². The molecule has 0 spiro atoms. The number of non-ortho nitro benzene ring substituents is 1. The van der Waals surface area contributed by atoms with Crippen molar-refractivity contribution in [3.05, 3.63) is 39.9 Å². The van der Waals surface area contributed by atoms with Crippen molar-refractivity contribution in [1.82, 2.24) is 14.5 Å². The lowest BCUT2D eigenvalue weighted by atomic mass is 10.1. The fourth-order valence-corrected chi connectivity index (χ4v) is 5.07. The van der Waals surface area contributed by atoms with E-state index >= 15 is 0 Å². The first-order chi connectivity index (χ1) is 12.4. The Morgan fingerprint density at radius 1 is 1.37 bits per heavy atom. The monoisotopic (exact) mass is 421 g/mol. The van der Waals surface area contributed by atoms with E-state index in [-0.39, 0.29) is 30.6 Å². The largest absolute Gasteiger partial charge is 0.341 e. The minimum atomic E-state index is -4.92. The van der Waals surface area contributed by atoms with Crippen LogP contribution in [0.4, 0.5) is 5.69 Å². The fourth-order valence-electron chi connectivity index (χ4n) is 2.48. The molecule has 1 aromatic rings. The second-order valence-electron chi connectivity index (χ2n) is 5.62. The molecule has 0 saturated carbocycles. The number of nitrogens with two attached hydrogens (primary N) is 1. The maximum Gasteiger partial charge on any atom is 0.341 e. The van der Waals surface area contributed by atoms with Gasteiger partial charge in [-0.2, -0.15) is 8.42 Å². The lowest BCUT2D eigenvalue weighted by molar-refractivity contribution is -0.384. The van der Waals surface area contributed by atoms with Crippen molar-refractivity contribution in [2.45, 2.75) is 18.9 Å². The number of nitrogens with one attached hydrogen (secondary N) is 2. The Morgan fingerprint density at radius 2 is 1.96 bits per heavy atom. The van der Waals surface area contributed by atoms with E-state index in [1.165, 1.54) is 16.6 Å². The van der Waals surface area contributed by atoms with Gasteiger partial charge in [0, 0.05) is 24.2 Å². The number of piperidine rings is 1. The summed E-state index contributed by atoms with van der Waals surface area (Å²) in [6.07, 6.45) is 0.436. The van der Waals surface area contributed by atoms with Crippen LogP contribution in [-0.4, -0.2) is 47.0 Å². The fraction of sp³-hybridized carbons (Fsp3) is 0.333. The zero-order valence-corrected chi connectivity index (χ0v) is 15.4. The SMILES string of the molecule is NP(=O)(NS(=O)(=O)O)N1CCC[C@H](NC(=O)c2ccc([N+](=O)[O-])cc2)C1=O. The lowest BCUT2D eigenvalue weighted by Crippen LogP contribution is -2.53. The molecule has 0 bridgehead atoms. The zero-order chi connectivity index (χ0) is 20.4. The summed E-state index contributed by atoms with van der Waals surface area (Å²) in [5.74, 6) is -1.60. The summed E-state index contributed by atoms with van der Waals surface area (Å²) in [6, 6.07) is 3.50. The first-order valence-electron chi connectivity index (χ1n) is 7.43. The molecule has 1 saturated heterocycles. The third-order valence-corrected chi connectivity index (χ3v) is 6.75. The Labute approximate surface area is 153 Å². The Morgan fingerprint density at radius 3 is 2.48 bits per heavy atom. The number of hydrogen-bond acceptors (Lipinski definition) is 7. The first kappa shape index (κ1) is 20.9. The maximum absolute atomic E-state index is 12.4. The Balaban J connectivity index is 2.12. The third-order valence-electron chi connectivity index (χ3n) is 3.67. The standard InChI is InChI=1S/C12H16N5O8PS/c13-26(22,15-27(23,24)25)16-7-1-2-10(12(16)19)14-11(18)8-3-5-9(6-4-8)17(20)21/h3-6,10H,1-2,7H2,(H,14,18)(H3,13,15,22)(H,23,24,25)/t10-,26?/m0/s1. The summed E-state index contributed by atoms with van der Waals surface area (Å²) in [7, 11) is -9.37. The second kappa shape index (κ2) is 7.70. The molecule has 0 radical (unpaired) electrons. The molecule has 148 valence electrons. The summed E-state index contributed by atoms with van der Waals surface area (Å²) < 4.78 is 44.6. The number of carbonyl (C=O) groups excluding carboxylic acids is 2. The normalized spacial score (nSPS) is 20.0. The predicted molar refractivity (Wildman–Crippen MR) is 91.8 cm³/mol. The number of benzene rings is 1. The van der Waals surface area contributed by atoms with Gasteiger partial charge >= 0.3 is 17.9 Å². The molecule has 0 aromatic heterocycles. The van der Waals surface area contributed by atoms with Gasteiger partial charge in [0.25, 0.3) is 17.5 Å². The molecule has 1 aliphatic heterocycles. The molecule has 1 aromatic carbocycles. The van der Waals surface area contributed by atoms with Crippen LogP contribution in [-0.2, 0) is 19.7 Å². The van der Waals surface area contributed by atoms with Crippen LogP contribution < -0.4 is 15.3 Å². The minimum Gasteiger partial charge on any atom is -0.340 e. The molecule has 1 aliphatic rings. The van der Waals surface area contributed by atoms with E-state index in [0.717, 1.165) is 12.1 Å². The van der Waals surface area contributed by atoms with Crippen molar-refractivity contribution >= 4 is 35.4 Å². The van der Waals surface area contributed by atoms with Crippen molar-refractivity contribution < 1.29 is 32.0 Å². The van der Waals surface area contributed by atoms with Gasteiger partial charge in [0.15, 0.2) is 0 Å². The molecule has 27 heavy (non-hydrogen) atoms. The van der Waals surface area contributed by atoms with Gasteiger partial charge in [-0.15, -0.1) is 4.49 Å². The Hall–Kier alpha value is -2.38. The maximum atomic E-state index is 12.4. The van der Waals surface area contributed by atoms with E-state index in [0.29, 0.717) is 4.67 Å². The molecular formula is C12H16N5O8PS. The molecule has 5 N–H and O–H groups in total. The van der Waals surface area contributed by atoms with Crippen LogP contribution in [0.25, 0.3) is 0 Å². The molecule has 1 unspecified atom stereocenters. The van der Waals surface area contributed by atoms with Gasteiger partial charge in [-0.25, -0.2) is 0 Å². The molecule has 13 nitrogen and oxygen atoms in total. The summed E-state index contributed by atoms with van der Waals surface area (Å²) in [4.78, 5) is 34.6. The zero-order valence-electron chi connectivity index (χ0n) is 13.6. The van der Waals surface area contributed by atoms with Crippen LogP contribution in [0.1, 0.15) is 23.2 Å². The van der Waals surface area contributed by atoms with Crippen LogP contribution in [0.2, 0.25) is 0 Å². The van der Waals surface area contributed by atoms with Crippen molar-refractivity contribution in [3.8, 4) is 0 Å². The Bertz CT molecular complexity index is 918. The minimum absolute atomic E-state index is 0.0533. The molecular weight excluding hydrogens is 405 g/mol. The summed E-state index contributed by atoms with van der Waals surface area (Å²) in [5, 5.41) is 13.0. The molecule has 0 aliphatic carbocycles. The number of carbonyl (C=O) groups is 2. The van der Waals surface area contributed by atoms with Gasteiger partial charge in [-0.3, -0.25) is 39.0 Å². The quantitative estimate of drug-likeness (QED) is 0.207. The number of rotatable bonds is 6. The molecule has 1 heterocycles. The van der Waals surface area contributed by atoms with E-state index in [2.05, 4.69) is 5.32 Å². The van der Waals surface area contributed by atoms with Gasteiger partial charge in [0.1, 0.15) is 6.04 Å². The molecule has 2 rings (SSSR count). The van der Waals surface area contributed by atoms with Crippen molar-refractivity contribution in [2.24, 2.45) is 5.50 Å². The predicted octanol–water partition coefficient (Wildman–Crippen LogP) is -0.225. The summed E-state index contributed by atoms with van der Waals surface area (Å²) in [5.41, 5.74) is 5.19. The highest BCUT2D eigenvalue weighted by molar-refractivity contribution is 7.90. The van der Waals surface area contributed by atoms with Crippen molar-refractivity contribution in [2.75, 3.05) is 6.54 Å². The summed E-state index contributed by atoms with van der Waals surface area (Å²) >= 11 is 0. The second-order valence-corrected chi connectivity index (χ2v) is 9.03. The van der Waals surface area contributed by atoms with Crippen LogP contribution in [0.5, 0.6) is 0 Å². The summed E-state index contributed by atoms with van der Waals surface area (Å²) in [6.45, 7) is -0.140. The van der Waals surface area contributed by atoms with Gasteiger partial charge in [0.2, 0.25) is 0 Å². The van der Waals surface area contributed by atoms with Crippen molar-refractivity contribution in [3.63, 3.8) is 0 Å². The van der Waals surface area contributed by atoms with E-state index in [9.17, 15) is 32.7 Å². The topological polar surface area (TPSA) is 202 Å². The number of hydrogen-bond donors (Lipinski definition) is 4. The highest BCUT2D eigenvalue weighted by Gasteiger charge is 2.40. The van der Waals surface area contributed by atoms with E-state index in [4.69, 9.17) is 10.1 Å². The van der Waals surface area contributed by atoms with Gasteiger partial charge < -0.3 is 5.32 Å². The lowest BCUT2D eigenvalue weighted by Gasteiger charge is -2.35.